The molecule has 0 aromatic heterocycles. The lowest BCUT2D eigenvalue weighted by molar-refractivity contribution is 1.44. The van der Waals surface area contributed by atoms with Crippen molar-refractivity contribution < 1.29 is 0 Å². The lowest BCUT2D eigenvalue weighted by Crippen LogP contribution is -1.76. The normalized spacial score (nSPS) is 10.0. The molecule has 1 aromatic rings. The Morgan fingerprint density at radius 3 is 2.40 bits per heavy atom. The molecule has 4 heteroatoms. The highest BCUT2D eigenvalue weighted by Crippen LogP contribution is 2.31. The van der Waals surface area contributed by atoms with Crippen LogP contribution in [0.3, 0.4) is 0 Å². The quantitative estimate of drug-likeness (QED) is 0.420. The predicted octanol–water partition coefficient (Wildman–Crippen LogP) is 3.89. The van der Waals surface area contributed by atoms with E-state index in [1.54, 1.807) is 6.07 Å². The molecule has 10 heavy (non-hydrogen) atoms. The average Bonchev–Trinajstić information content (AvgIpc) is 1.93. The number of hydrogen-bond acceptors (Lipinski definition) is 1. The molecule has 0 amide bonds. The van der Waals surface area contributed by atoms with Crippen molar-refractivity contribution in [3.63, 3.8) is 0 Å². The van der Waals surface area contributed by atoms with Crippen LogP contribution in [0.5, 0.6) is 0 Å². The largest absolute Gasteiger partial charge is 0.140 e. The van der Waals surface area contributed by atoms with Crippen molar-refractivity contribution in [1.82, 2.24) is 0 Å². The number of hydrogen-bond donors (Lipinski definition) is 1. The maximum Gasteiger partial charge on any atom is 0.0687 e. The molecule has 0 aliphatic rings. The molecule has 0 atom stereocenters. The van der Waals surface area contributed by atoms with E-state index in [1.807, 2.05) is 6.07 Å². The van der Waals surface area contributed by atoms with E-state index in [4.69, 9.17) is 23.2 Å². The molecule has 0 fully saturated rings. The van der Waals surface area contributed by atoms with Crippen LogP contribution in [-0.4, -0.2) is 0 Å². The van der Waals surface area contributed by atoms with Crippen molar-refractivity contribution in [3.05, 3.63) is 25.7 Å². The fraction of sp³-hybridized carbons (Fsp3) is 0. The van der Waals surface area contributed by atoms with Gasteiger partial charge in [0.25, 0.3) is 0 Å². The van der Waals surface area contributed by atoms with Gasteiger partial charge in [0, 0.05) is 8.47 Å². The minimum atomic E-state index is 0.591. The lowest BCUT2D eigenvalue weighted by Gasteiger charge is -2.00. The lowest BCUT2D eigenvalue weighted by atomic mass is 10.4. The Hall–Kier alpha value is 0.880. The number of thiol groups is 1. The summed E-state index contributed by atoms with van der Waals surface area (Å²) in [6.45, 7) is 0. The number of halogens is 3. The molecule has 1 aromatic carbocycles. The topological polar surface area (TPSA) is 0 Å². The minimum Gasteiger partial charge on any atom is -0.140 e. The van der Waals surface area contributed by atoms with E-state index in [-0.39, 0.29) is 0 Å². The Balaban J connectivity index is 3.34. The second-order valence-electron chi connectivity index (χ2n) is 1.69. The second-order valence-corrected chi connectivity index (χ2v) is 4.09. The maximum absolute atomic E-state index is 5.81. The Bertz CT molecular complexity index is 235. The fourth-order valence-electron chi connectivity index (χ4n) is 0.516. The third kappa shape index (κ3) is 1.72. The van der Waals surface area contributed by atoms with Gasteiger partial charge in [-0.2, -0.15) is 0 Å². The number of benzene rings is 1. The van der Waals surface area contributed by atoms with Gasteiger partial charge >= 0.3 is 0 Å². The molecule has 0 N–H and O–H groups in total. The third-order valence-corrected chi connectivity index (χ3v) is 3.67. The SMILES string of the molecule is Sc1c(Cl)ccc(I)c1Cl. The Morgan fingerprint density at radius 1 is 1.30 bits per heavy atom. The van der Waals surface area contributed by atoms with Gasteiger partial charge in [-0.3, -0.25) is 0 Å². The summed E-state index contributed by atoms with van der Waals surface area (Å²) in [7, 11) is 0. The van der Waals surface area contributed by atoms with E-state index >= 15 is 0 Å². The summed E-state index contributed by atoms with van der Waals surface area (Å²) in [6.07, 6.45) is 0. The standard InChI is InChI=1S/C6H3Cl2IS/c7-3-1-2-4(9)5(8)6(3)10/h1-2,10H. The molecule has 0 heterocycles. The van der Waals surface area contributed by atoms with Gasteiger partial charge in [-0.15, -0.1) is 12.6 Å². The molecule has 0 saturated heterocycles. The molecule has 1 rings (SSSR count). The molecule has 0 aliphatic carbocycles. The van der Waals surface area contributed by atoms with Crippen LogP contribution in [-0.2, 0) is 0 Å². The van der Waals surface area contributed by atoms with Crippen LogP contribution >= 0.6 is 58.4 Å². The smallest absolute Gasteiger partial charge is 0.0687 e. The first-order valence-corrected chi connectivity index (χ1v) is 4.73. The summed E-state index contributed by atoms with van der Waals surface area (Å²) in [4.78, 5) is 0.648. The highest BCUT2D eigenvalue weighted by Gasteiger charge is 2.03. The van der Waals surface area contributed by atoms with Gasteiger partial charge in [0.2, 0.25) is 0 Å². The molecular formula is C6H3Cl2IS. The molecule has 0 saturated carbocycles. The molecular weight excluding hydrogens is 302 g/mol. The Kier molecular flexibility index (Phi) is 3.16. The van der Waals surface area contributed by atoms with E-state index < -0.39 is 0 Å². The third-order valence-electron chi connectivity index (χ3n) is 1.02. The summed E-state index contributed by atoms with van der Waals surface area (Å²) < 4.78 is 0.966. The molecule has 0 radical (unpaired) electrons. The van der Waals surface area contributed by atoms with Crippen molar-refractivity contribution in [2.45, 2.75) is 4.90 Å². The van der Waals surface area contributed by atoms with Gasteiger partial charge in [-0.05, 0) is 34.7 Å². The first kappa shape index (κ1) is 8.97. The number of rotatable bonds is 0. The van der Waals surface area contributed by atoms with Crippen LogP contribution in [0.25, 0.3) is 0 Å². The van der Waals surface area contributed by atoms with Crippen molar-refractivity contribution in [2.24, 2.45) is 0 Å². The monoisotopic (exact) mass is 304 g/mol. The zero-order valence-corrected chi connectivity index (χ0v) is 9.30. The van der Waals surface area contributed by atoms with E-state index in [9.17, 15) is 0 Å². The van der Waals surface area contributed by atoms with Crippen LogP contribution in [0.15, 0.2) is 17.0 Å². The van der Waals surface area contributed by atoms with Crippen molar-refractivity contribution in [3.8, 4) is 0 Å². The van der Waals surface area contributed by atoms with Gasteiger partial charge in [0.1, 0.15) is 0 Å². The Labute approximate surface area is 88.5 Å². The van der Waals surface area contributed by atoms with Crippen LogP contribution < -0.4 is 0 Å². The van der Waals surface area contributed by atoms with E-state index in [2.05, 4.69) is 35.2 Å². The van der Waals surface area contributed by atoms with Crippen molar-refractivity contribution >= 4 is 58.4 Å². The predicted molar refractivity (Wildman–Crippen MR) is 56.4 cm³/mol. The molecule has 0 spiro atoms. The highest BCUT2D eigenvalue weighted by atomic mass is 127. The van der Waals surface area contributed by atoms with Crippen molar-refractivity contribution in [2.75, 3.05) is 0 Å². The van der Waals surface area contributed by atoms with Crippen LogP contribution in [0.2, 0.25) is 10.0 Å². The first-order valence-electron chi connectivity index (χ1n) is 2.45. The van der Waals surface area contributed by atoms with E-state index in [0.29, 0.717) is 14.9 Å². The molecule has 54 valence electrons. The molecule has 0 nitrogen and oxygen atoms in total. The first-order chi connectivity index (χ1) is 4.63. The maximum atomic E-state index is 5.81. The second kappa shape index (κ2) is 3.52. The van der Waals surface area contributed by atoms with Crippen molar-refractivity contribution in [1.29, 1.82) is 0 Å². The van der Waals surface area contributed by atoms with Crippen LogP contribution in [0.4, 0.5) is 0 Å². The minimum absolute atomic E-state index is 0.591. The molecule has 0 bridgehead atoms. The summed E-state index contributed by atoms with van der Waals surface area (Å²) in [5.41, 5.74) is 0. The molecule has 0 unspecified atom stereocenters. The fourth-order valence-corrected chi connectivity index (χ4v) is 1.74. The van der Waals surface area contributed by atoms with Gasteiger partial charge < -0.3 is 0 Å². The zero-order chi connectivity index (χ0) is 7.72. The summed E-state index contributed by atoms with van der Waals surface area (Å²) in [5.74, 6) is 0. The Morgan fingerprint density at radius 2 is 1.90 bits per heavy atom. The zero-order valence-electron chi connectivity index (χ0n) is 4.74. The van der Waals surface area contributed by atoms with Gasteiger partial charge in [-0.25, -0.2) is 0 Å². The summed E-state index contributed by atoms with van der Waals surface area (Å²) in [6, 6.07) is 3.63. The van der Waals surface area contributed by atoms with E-state index in [1.165, 1.54) is 0 Å². The average molecular weight is 305 g/mol. The van der Waals surface area contributed by atoms with Crippen LogP contribution in [0, 0.1) is 3.57 Å². The van der Waals surface area contributed by atoms with Gasteiger partial charge in [-0.1, -0.05) is 23.2 Å². The summed E-state index contributed by atoms with van der Waals surface area (Å²) >= 11 is 17.8. The van der Waals surface area contributed by atoms with Crippen LogP contribution in [0.1, 0.15) is 0 Å². The highest BCUT2D eigenvalue weighted by molar-refractivity contribution is 14.1. The van der Waals surface area contributed by atoms with E-state index in [0.717, 1.165) is 3.57 Å². The van der Waals surface area contributed by atoms with Gasteiger partial charge in [0.15, 0.2) is 0 Å². The summed E-state index contributed by atoms with van der Waals surface area (Å²) in [5, 5.41) is 1.21. The van der Waals surface area contributed by atoms with Gasteiger partial charge in [0.05, 0.1) is 10.0 Å². The molecule has 0 aliphatic heterocycles.